The van der Waals surface area contributed by atoms with Gasteiger partial charge in [0.2, 0.25) is 11.8 Å². The molecule has 1 aromatic heterocycles. The van der Waals surface area contributed by atoms with Gasteiger partial charge in [0.15, 0.2) is 0 Å². The molecule has 1 aliphatic rings. The van der Waals surface area contributed by atoms with Crippen molar-refractivity contribution in [2.24, 2.45) is 5.41 Å². The topological polar surface area (TPSA) is 40.6 Å². The molecule has 0 fully saturated rings. The Kier molecular flexibility index (Phi) is 6.96. The molecule has 1 aromatic carbocycles. The fourth-order valence-corrected chi connectivity index (χ4v) is 4.87. The van der Waals surface area contributed by atoms with E-state index in [1.54, 1.807) is 28.4 Å². The van der Waals surface area contributed by atoms with Crippen molar-refractivity contribution >= 4 is 23.2 Å². The predicted octanol–water partition coefficient (Wildman–Crippen LogP) is 5.04. The van der Waals surface area contributed by atoms with Crippen LogP contribution in [0.5, 0.6) is 0 Å². The molecular formula is C24H31FN2O2S. The highest BCUT2D eigenvalue weighted by Crippen LogP contribution is 2.38. The van der Waals surface area contributed by atoms with Gasteiger partial charge in [0.05, 0.1) is 12.6 Å². The van der Waals surface area contributed by atoms with Crippen LogP contribution in [0.4, 0.5) is 4.39 Å². The van der Waals surface area contributed by atoms with Crippen LogP contribution in [0.1, 0.15) is 62.6 Å². The maximum Gasteiger partial charge on any atom is 0.242 e. The second-order valence-corrected chi connectivity index (χ2v) is 10.1. The number of hydrogen-bond acceptors (Lipinski definition) is 3. The number of carbonyl (C=O) groups is 2. The van der Waals surface area contributed by atoms with Gasteiger partial charge in [-0.2, -0.15) is 0 Å². The molecule has 162 valence electrons. The molecular weight excluding hydrogens is 399 g/mol. The van der Waals surface area contributed by atoms with E-state index in [2.05, 4.69) is 6.07 Å². The van der Waals surface area contributed by atoms with Crippen molar-refractivity contribution in [2.75, 3.05) is 19.6 Å². The van der Waals surface area contributed by atoms with E-state index in [0.29, 0.717) is 19.5 Å². The summed E-state index contributed by atoms with van der Waals surface area (Å²) in [5.74, 6) is -0.332. The molecule has 6 heteroatoms. The summed E-state index contributed by atoms with van der Waals surface area (Å²) in [6.45, 7) is 9.36. The van der Waals surface area contributed by atoms with E-state index in [9.17, 15) is 14.0 Å². The molecule has 1 aliphatic heterocycles. The van der Waals surface area contributed by atoms with Crippen LogP contribution in [0, 0.1) is 11.2 Å². The van der Waals surface area contributed by atoms with Crippen molar-refractivity contribution in [1.29, 1.82) is 0 Å². The number of nitrogens with zero attached hydrogens (tertiary/aromatic N) is 2. The van der Waals surface area contributed by atoms with Crippen LogP contribution in [0.2, 0.25) is 0 Å². The Morgan fingerprint density at radius 2 is 1.90 bits per heavy atom. The Morgan fingerprint density at radius 1 is 1.20 bits per heavy atom. The van der Waals surface area contributed by atoms with Crippen molar-refractivity contribution in [1.82, 2.24) is 9.80 Å². The van der Waals surface area contributed by atoms with E-state index in [-0.39, 0.29) is 35.6 Å². The second-order valence-electron chi connectivity index (χ2n) is 9.14. The van der Waals surface area contributed by atoms with Crippen LogP contribution in [0.15, 0.2) is 35.7 Å². The van der Waals surface area contributed by atoms with Gasteiger partial charge in [0, 0.05) is 24.4 Å². The SMILES string of the molecule is CCCN(CC(=O)N1CCc2sccc2[C@H]1c1ccc(F)cc1)C(=O)CC(C)(C)C. The first-order valence-corrected chi connectivity index (χ1v) is 11.5. The Hall–Kier alpha value is -2.21. The highest BCUT2D eigenvalue weighted by atomic mass is 32.1. The van der Waals surface area contributed by atoms with Gasteiger partial charge in [0.25, 0.3) is 0 Å². The fourth-order valence-electron chi connectivity index (χ4n) is 3.97. The number of rotatable bonds is 6. The van der Waals surface area contributed by atoms with Crippen LogP contribution in [0.3, 0.4) is 0 Å². The van der Waals surface area contributed by atoms with Gasteiger partial charge in [-0.25, -0.2) is 4.39 Å². The van der Waals surface area contributed by atoms with E-state index >= 15 is 0 Å². The number of amides is 2. The zero-order valence-electron chi connectivity index (χ0n) is 18.3. The average Bonchev–Trinajstić information content (AvgIpc) is 3.15. The number of carbonyl (C=O) groups excluding carboxylic acids is 2. The molecule has 2 aromatic rings. The maximum absolute atomic E-state index is 13.5. The Morgan fingerprint density at radius 3 is 2.53 bits per heavy atom. The van der Waals surface area contributed by atoms with Gasteiger partial charge in [0.1, 0.15) is 5.82 Å². The molecule has 1 atom stereocenters. The van der Waals surface area contributed by atoms with Crippen LogP contribution in [-0.4, -0.2) is 41.2 Å². The number of fused-ring (bicyclic) bond motifs is 1. The molecule has 0 saturated heterocycles. The number of hydrogen-bond donors (Lipinski definition) is 0. The maximum atomic E-state index is 13.5. The smallest absolute Gasteiger partial charge is 0.242 e. The molecule has 2 heterocycles. The molecule has 30 heavy (non-hydrogen) atoms. The Bertz CT molecular complexity index is 885. The summed E-state index contributed by atoms with van der Waals surface area (Å²) >= 11 is 1.70. The lowest BCUT2D eigenvalue weighted by molar-refractivity contribution is -0.142. The van der Waals surface area contributed by atoms with Gasteiger partial charge in [-0.15, -0.1) is 11.3 Å². The standard InChI is InChI=1S/C24H31FN2O2S/c1-5-12-26(21(28)15-24(2,3)4)16-22(29)27-13-10-20-19(11-14-30-20)23(27)17-6-8-18(25)9-7-17/h6-9,11,14,23H,5,10,12-13,15-16H2,1-4H3/t23-/m1/s1. The van der Waals surface area contributed by atoms with Crippen molar-refractivity contribution in [3.8, 4) is 0 Å². The van der Waals surface area contributed by atoms with Gasteiger partial charge in [-0.1, -0.05) is 39.8 Å². The minimum absolute atomic E-state index is 0.0178. The summed E-state index contributed by atoms with van der Waals surface area (Å²) in [6, 6.07) is 8.20. The van der Waals surface area contributed by atoms with Gasteiger partial charge in [-0.05, 0) is 53.0 Å². The molecule has 3 rings (SSSR count). The zero-order chi connectivity index (χ0) is 21.9. The number of thiophene rings is 1. The summed E-state index contributed by atoms with van der Waals surface area (Å²) in [5, 5.41) is 2.05. The third-order valence-electron chi connectivity index (χ3n) is 5.33. The van der Waals surface area contributed by atoms with Crippen molar-refractivity contribution in [3.05, 3.63) is 57.5 Å². The van der Waals surface area contributed by atoms with Gasteiger partial charge in [-0.3, -0.25) is 9.59 Å². The van der Waals surface area contributed by atoms with Crippen LogP contribution in [-0.2, 0) is 16.0 Å². The lowest BCUT2D eigenvalue weighted by Gasteiger charge is -2.38. The predicted molar refractivity (Wildman–Crippen MR) is 119 cm³/mol. The minimum atomic E-state index is -0.292. The third-order valence-corrected chi connectivity index (χ3v) is 6.32. The molecule has 0 bridgehead atoms. The number of halogens is 1. The van der Waals surface area contributed by atoms with E-state index in [0.717, 1.165) is 24.0 Å². The van der Waals surface area contributed by atoms with Crippen LogP contribution >= 0.6 is 11.3 Å². The quantitative estimate of drug-likeness (QED) is 0.644. The average molecular weight is 431 g/mol. The first kappa shape index (κ1) is 22.5. The third kappa shape index (κ3) is 5.28. The molecule has 0 unspecified atom stereocenters. The first-order chi connectivity index (χ1) is 14.2. The molecule has 0 N–H and O–H groups in total. The van der Waals surface area contributed by atoms with E-state index in [4.69, 9.17) is 0 Å². The molecule has 2 amide bonds. The second kappa shape index (κ2) is 9.29. The van der Waals surface area contributed by atoms with Gasteiger partial charge < -0.3 is 9.80 Å². The first-order valence-electron chi connectivity index (χ1n) is 10.6. The summed E-state index contributed by atoms with van der Waals surface area (Å²) in [5.41, 5.74) is 1.88. The van der Waals surface area contributed by atoms with Crippen molar-refractivity contribution in [3.63, 3.8) is 0 Å². The molecule has 0 aliphatic carbocycles. The fraction of sp³-hybridized carbons (Fsp3) is 0.500. The largest absolute Gasteiger partial charge is 0.333 e. The van der Waals surface area contributed by atoms with Crippen molar-refractivity contribution < 1.29 is 14.0 Å². The molecule has 0 spiro atoms. The van der Waals surface area contributed by atoms with E-state index in [1.165, 1.54) is 17.0 Å². The van der Waals surface area contributed by atoms with Crippen LogP contribution < -0.4 is 0 Å². The lowest BCUT2D eigenvalue weighted by atomic mass is 9.91. The van der Waals surface area contributed by atoms with Gasteiger partial charge >= 0.3 is 0 Å². The van der Waals surface area contributed by atoms with E-state index < -0.39 is 0 Å². The molecule has 4 nitrogen and oxygen atoms in total. The minimum Gasteiger partial charge on any atom is -0.333 e. The summed E-state index contributed by atoms with van der Waals surface area (Å²) in [7, 11) is 0. The van der Waals surface area contributed by atoms with Crippen molar-refractivity contribution in [2.45, 2.75) is 53.0 Å². The number of benzene rings is 1. The normalized spacial score (nSPS) is 16.3. The summed E-state index contributed by atoms with van der Waals surface area (Å²) in [4.78, 5) is 31.0. The highest BCUT2D eigenvalue weighted by Gasteiger charge is 2.34. The van der Waals surface area contributed by atoms with Crippen LogP contribution in [0.25, 0.3) is 0 Å². The molecule has 0 saturated carbocycles. The highest BCUT2D eigenvalue weighted by molar-refractivity contribution is 7.10. The zero-order valence-corrected chi connectivity index (χ0v) is 19.1. The summed E-state index contributed by atoms with van der Waals surface area (Å²) in [6.07, 6.45) is 2.02. The Balaban J connectivity index is 1.85. The lowest BCUT2D eigenvalue weighted by Crippen LogP contribution is -2.47. The van der Waals surface area contributed by atoms with E-state index in [1.807, 2.05) is 38.0 Å². The monoisotopic (exact) mass is 430 g/mol. The Labute approximate surface area is 182 Å². The summed E-state index contributed by atoms with van der Waals surface area (Å²) < 4.78 is 13.5. The molecule has 0 radical (unpaired) electrons.